The summed E-state index contributed by atoms with van der Waals surface area (Å²) >= 11 is 0. The number of hydrogen-bond acceptors (Lipinski definition) is 4. The third kappa shape index (κ3) is 4.77. The number of hydrogen-bond donors (Lipinski definition) is 1. The Kier molecular flexibility index (Phi) is 5.76. The fraction of sp³-hybridized carbons (Fsp3) is 0.500. The van der Waals surface area contributed by atoms with E-state index in [1.807, 2.05) is 20.8 Å². The first kappa shape index (κ1) is 17.0. The highest BCUT2D eigenvalue weighted by atomic mass is 16.5. The van der Waals surface area contributed by atoms with Gasteiger partial charge in [-0.2, -0.15) is 0 Å². The van der Waals surface area contributed by atoms with E-state index in [2.05, 4.69) is 5.32 Å². The van der Waals surface area contributed by atoms with Crippen LogP contribution in [-0.4, -0.2) is 30.9 Å². The van der Waals surface area contributed by atoms with E-state index in [1.54, 1.807) is 25.1 Å². The number of methoxy groups -OCH3 is 1. The van der Waals surface area contributed by atoms with Gasteiger partial charge in [0.05, 0.1) is 7.11 Å². The smallest absolute Gasteiger partial charge is 0.261 e. The first-order valence-corrected chi connectivity index (χ1v) is 6.95. The van der Waals surface area contributed by atoms with Crippen molar-refractivity contribution in [1.82, 2.24) is 5.32 Å². The molecule has 0 saturated heterocycles. The van der Waals surface area contributed by atoms with E-state index in [1.165, 1.54) is 7.11 Å². The maximum Gasteiger partial charge on any atom is 0.261 e. The van der Waals surface area contributed by atoms with Gasteiger partial charge in [-0.1, -0.05) is 6.92 Å². The number of benzene rings is 1. The Labute approximate surface area is 125 Å². The molecule has 1 rings (SSSR count). The van der Waals surface area contributed by atoms with Crippen LogP contribution in [0.4, 0.5) is 0 Å². The van der Waals surface area contributed by atoms with Gasteiger partial charge in [0, 0.05) is 11.1 Å². The van der Waals surface area contributed by atoms with E-state index >= 15 is 0 Å². The SMILES string of the molecule is CCC(C)(C)NC(=O)C(C)Oc1ccc(C=O)cc1OC. The summed E-state index contributed by atoms with van der Waals surface area (Å²) in [7, 11) is 1.49. The van der Waals surface area contributed by atoms with Crippen LogP contribution in [0.3, 0.4) is 0 Å². The quantitative estimate of drug-likeness (QED) is 0.785. The molecule has 116 valence electrons. The number of amides is 1. The molecule has 5 nitrogen and oxygen atoms in total. The van der Waals surface area contributed by atoms with Crippen molar-refractivity contribution in [2.45, 2.75) is 45.8 Å². The fourth-order valence-electron chi connectivity index (χ4n) is 1.62. The van der Waals surface area contributed by atoms with Crippen molar-refractivity contribution < 1.29 is 19.1 Å². The summed E-state index contributed by atoms with van der Waals surface area (Å²) in [6.45, 7) is 7.59. The van der Waals surface area contributed by atoms with Gasteiger partial charge in [-0.3, -0.25) is 9.59 Å². The third-order valence-electron chi connectivity index (χ3n) is 3.34. The third-order valence-corrected chi connectivity index (χ3v) is 3.34. The Balaban J connectivity index is 2.81. The molecule has 1 atom stereocenters. The van der Waals surface area contributed by atoms with E-state index in [-0.39, 0.29) is 11.4 Å². The lowest BCUT2D eigenvalue weighted by Crippen LogP contribution is -2.48. The Morgan fingerprint density at radius 1 is 1.38 bits per heavy atom. The zero-order valence-electron chi connectivity index (χ0n) is 13.2. The maximum atomic E-state index is 12.1. The predicted molar refractivity (Wildman–Crippen MR) is 81.0 cm³/mol. The molecule has 1 amide bonds. The van der Waals surface area contributed by atoms with Gasteiger partial charge in [-0.15, -0.1) is 0 Å². The molecule has 1 aromatic carbocycles. The highest BCUT2D eigenvalue weighted by Gasteiger charge is 2.23. The van der Waals surface area contributed by atoms with Gasteiger partial charge >= 0.3 is 0 Å². The second-order valence-electron chi connectivity index (χ2n) is 5.51. The molecule has 0 aliphatic heterocycles. The number of nitrogens with one attached hydrogen (secondary N) is 1. The van der Waals surface area contributed by atoms with Gasteiger partial charge < -0.3 is 14.8 Å². The highest BCUT2D eigenvalue weighted by Crippen LogP contribution is 2.28. The van der Waals surface area contributed by atoms with Gasteiger partial charge in [0.2, 0.25) is 0 Å². The first-order chi connectivity index (χ1) is 9.82. The zero-order valence-corrected chi connectivity index (χ0v) is 13.2. The molecule has 0 spiro atoms. The number of carbonyl (C=O) groups is 2. The summed E-state index contributed by atoms with van der Waals surface area (Å²) in [5, 5.41) is 2.93. The molecule has 0 aliphatic carbocycles. The van der Waals surface area contributed by atoms with Crippen LogP contribution < -0.4 is 14.8 Å². The molecule has 0 bridgehead atoms. The zero-order chi connectivity index (χ0) is 16.0. The van der Waals surface area contributed by atoms with E-state index in [9.17, 15) is 9.59 Å². The maximum absolute atomic E-state index is 12.1. The lowest BCUT2D eigenvalue weighted by atomic mass is 10.0. The molecule has 21 heavy (non-hydrogen) atoms. The van der Waals surface area contributed by atoms with Crippen LogP contribution in [0.2, 0.25) is 0 Å². The van der Waals surface area contributed by atoms with Crippen LogP contribution in [0, 0.1) is 0 Å². The Morgan fingerprint density at radius 2 is 2.05 bits per heavy atom. The summed E-state index contributed by atoms with van der Waals surface area (Å²) < 4.78 is 10.8. The van der Waals surface area contributed by atoms with E-state index in [0.29, 0.717) is 17.1 Å². The van der Waals surface area contributed by atoms with Crippen molar-refractivity contribution in [3.8, 4) is 11.5 Å². The van der Waals surface area contributed by atoms with E-state index in [4.69, 9.17) is 9.47 Å². The standard InChI is InChI=1S/C16H23NO4/c1-6-16(3,4)17-15(19)11(2)21-13-8-7-12(10-18)9-14(13)20-5/h7-11H,6H2,1-5H3,(H,17,19). The molecule has 0 saturated carbocycles. The van der Waals surface area contributed by atoms with Crippen molar-refractivity contribution >= 4 is 12.2 Å². The minimum atomic E-state index is -0.660. The number of aldehydes is 1. The van der Waals surface area contributed by atoms with Crippen LogP contribution in [0.15, 0.2) is 18.2 Å². The normalized spacial score (nSPS) is 12.4. The molecular formula is C16H23NO4. The van der Waals surface area contributed by atoms with Crippen molar-refractivity contribution in [3.63, 3.8) is 0 Å². The highest BCUT2D eigenvalue weighted by molar-refractivity contribution is 5.81. The van der Waals surface area contributed by atoms with Crippen LogP contribution in [0.1, 0.15) is 44.5 Å². The van der Waals surface area contributed by atoms with Crippen molar-refractivity contribution in [1.29, 1.82) is 0 Å². The molecular weight excluding hydrogens is 270 g/mol. The summed E-state index contributed by atoms with van der Waals surface area (Å²) in [6, 6.07) is 4.81. The molecule has 0 radical (unpaired) electrons. The Bertz CT molecular complexity index is 511. The van der Waals surface area contributed by atoms with Crippen molar-refractivity contribution in [3.05, 3.63) is 23.8 Å². The van der Waals surface area contributed by atoms with Gasteiger partial charge in [-0.05, 0) is 45.4 Å². The second kappa shape index (κ2) is 7.11. The lowest BCUT2D eigenvalue weighted by molar-refractivity contribution is -0.129. The minimum absolute atomic E-state index is 0.191. The van der Waals surface area contributed by atoms with Crippen LogP contribution in [0.25, 0.3) is 0 Å². The molecule has 0 heterocycles. The van der Waals surface area contributed by atoms with Gasteiger partial charge in [0.1, 0.15) is 6.29 Å². The average molecular weight is 293 g/mol. The summed E-state index contributed by atoms with van der Waals surface area (Å²) in [4.78, 5) is 22.9. The van der Waals surface area contributed by atoms with E-state index < -0.39 is 6.10 Å². The molecule has 1 N–H and O–H groups in total. The Morgan fingerprint density at radius 3 is 2.57 bits per heavy atom. The summed E-state index contributed by atoms with van der Waals surface area (Å²) in [5.41, 5.74) is 0.212. The molecule has 0 aliphatic rings. The molecule has 1 aromatic rings. The van der Waals surface area contributed by atoms with Crippen LogP contribution >= 0.6 is 0 Å². The first-order valence-electron chi connectivity index (χ1n) is 6.95. The fourth-order valence-corrected chi connectivity index (χ4v) is 1.62. The Hall–Kier alpha value is -2.04. The van der Waals surface area contributed by atoms with Crippen molar-refractivity contribution in [2.75, 3.05) is 7.11 Å². The second-order valence-corrected chi connectivity index (χ2v) is 5.51. The van der Waals surface area contributed by atoms with Crippen LogP contribution in [-0.2, 0) is 4.79 Å². The molecule has 0 fully saturated rings. The average Bonchev–Trinajstić information content (AvgIpc) is 2.47. The van der Waals surface area contributed by atoms with E-state index in [0.717, 1.165) is 12.7 Å². The number of carbonyl (C=O) groups excluding carboxylic acids is 2. The monoisotopic (exact) mass is 293 g/mol. The molecule has 5 heteroatoms. The summed E-state index contributed by atoms with van der Waals surface area (Å²) in [5.74, 6) is 0.664. The van der Waals surface area contributed by atoms with Gasteiger partial charge in [-0.25, -0.2) is 0 Å². The minimum Gasteiger partial charge on any atom is -0.493 e. The van der Waals surface area contributed by atoms with Gasteiger partial charge in [0.25, 0.3) is 5.91 Å². The number of ether oxygens (including phenoxy) is 2. The lowest BCUT2D eigenvalue weighted by Gasteiger charge is -2.26. The molecule has 0 aromatic heterocycles. The summed E-state index contributed by atoms with van der Waals surface area (Å²) in [6.07, 6.45) is 0.890. The topological polar surface area (TPSA) is 64.6 Å². The van der Waals surface area contributed by atoms with Crippen LogP contribution in [0.5, 0.6) is 11.5 Å². The predicted octanol–water partition coefficient (Wildman–Crippen LogP) is 2.58. The molecule has 1 unspecified atom stereocenters. The largest absolute Gasteiger partial charge is 0.493 e. The van der Waals surface area contributed by atoms with Crippen molar-refractivity contribution in [2.24, 2.45) is 0 Å². The number of rotatable bonds is 7. The van der Waals surface area contributed by atoms with Gasteiger partial charge in [0.15, 0.2) is 17.6 Å².